The van der Waals surface area contributed by atoms with Crippen LogP contribution in [0.5, 0.6) is 0 Å². The first-order valence-electron chi connectivity index (χ1n) is 3.96. The van der Waals surface area contributed by atoms with Gasteiger partial charge < -0.3 is 0 Å². The van der Waals surface area contributed by atoms with Crippen LogP contribution in [0.2, 0.25) is 0 Å². The lowest BCUT2D eigenvalue weighted by molar-refractivity contribution is -0.113. The molecule has 13 heavy (non-hydrogen) atoms. The van der Waals surface area contributed by atoms with Crippen molar-refractivity contribution in [3.8, 4) is 6.07 Å². The zero-order valence-corrected chi connectivity index (χ0v) is 7.10. The maximum atomic E-state index is 10.9. The summed E-state index contributed by atoms with van der Waals surface area (Å²) in [6, 6.07) is 11.3. The highest BCUT2D eigenvalue weighted by atomic mass is 16.1. The molecule has 0 aliphatic carbocycles. The van der Waals surface area contributed by atoms with Crippen LogP contribution in [-0.2, 0) is 4.79 Å². The van der Waals surface area contributed by atoms with Crippen molar-refractivity contribution in [2.75, 3.05) is 0 Å². The standard InChI is InChI=1S/C11H9NO/c12-9-8-11(13)7-6-10-4-2-1-3-5-10/h1-7H,8H2. The monoisotopic (exact) mass is 171 g/mol. The van der Waals surface area contributed by atoms with Gasteiger partial charge in [-0.3, -0.25) is 4.79 Å². The Balaban J connectivity index is 2.60. The van der Waals surface area contributed by atoms with Crippen LogP contribution < -0.4 is 0 Å². The van der Waals surface area contributed by atoms with E-state index in [9.17, 15) is 4.79 Å². The number of benzene rings is 1. The molecule has 0 fully saturated rings. The largest absolute Gasteiger partial charge is 0.294 e. The maximum absolute atomic E-state index is 10.9. The lowest BCUT2D eigenvalue weighted by atomic mass is 10.2. The van der Waals surface area contributed by atoms with E-state index in [1.165, 1.54) is 6.08 Å². The Hall–Kier alpha value is -1.88. The summed E-state index contributed by atoms with van der Waals surface area (Å²) in [5.41, 5.74) is 0.966. The van der Waals surface area contributed by atoms with Gasteiger partial charge in [0.25, 0.3) is 0 Å². The molecule has 2 heteroatoms. The fourth-order valence-corrected chi connectivity index (χ4v) is 0.890. The maximum Gasteiger partial charge on any atom is 0.169 e. The smallest absolute Gasteiger partial charge is 0.169 e. The molecule has 0 saturated heterocycles. The van der Waals surface area contributed by atoms with Gasteiger partial charge in [0, 0.05) is 0 Å². The normalized spacial score (nSPS) is 9.77. The number of carbonyl (C=O) groups excluding carboxylic acids is 1. The number of nitriles is 1. The number of nitrogens with zero attached hydrogens (tertiary/aromatic N) is 1. The van der Waals surface area contributed by atoms with Crippen LogP contribution in [0.25, 0.3) is 6.08 Å². The van der Waals surface area contributed by atoms with Crippen molar-refractivity contribution in [1.82, 2.24) is 0 Å². The highest BCUT2D eigenvalue weighted by molar-refractivity contribution is 5.94. The lowest BCUT2D eigenvalue weighted by Gasteiger charge is -1.89. The second kappa shape index (κ2) is 4.89. The lowest BCUT2D eigenvalue weighted by Crippen LogP contribution is -1.88. The number of ketones is 1. The predicted molar refractivity (Wildman–Crippen MR) is 50.7 cm³/mol. The molecule has 0 aliphatic heterocycles. The van der Waals surface area contributed by atoms with Crippen molar-refractivity contribution in [2.24, 2.45) is 0 Å². The van der Waals surface area contributed by atoms with Crippen LogP contribution in [-0.4, -0.2) is 5.78 Å². The molecule has 0 N–H and O–H groups in total. The van der Waals surface area contributed by atoms with Gasteiger partial charge >= 0.3 is 0 Å². The molecule has 0 heterocycles. The molecule has 0 unspecified atom stereocenters. The van der Waals surface area contributed by atoms with E-state index in [0.29, 0.717) is 0 Å². The number of rotatable bonds is 3. The first-order valence-corrected chi connectivity index (χ1v) is 3.96. The minimum Gasteiger partial charge on any atom is -0.294 e. The van der Waals surface area contributed by atoms with E-state index in [1.807, 2.05) is 30.3 Å². The van der Waals surface area contributed by atoms with Gasteiger partial charge in [-0.05, 0) is 11.6 Å². The van der Waals surface area contributed by atoms with Crippen molar-refractivity contribution >= 4 is 11.9 Å². The number of carbonyl (C=O) groups is 1. The van der Waals surface area contributed by atoms with Crippen molar-refractivity contribution in [1.29, 1.82) is 5.26 Å². The molecule has 0 saturated carbocycles. The zero-order chi connectivity index (χ0) is 9.52. The molecule has 1 aromatic carbocycles. The van der Waals surface area contributed by atoms with Crippen molar-refractivity contribution in [2.45, 2.75) is 6.42 Å². The Morgan fingerprint density at radius 3 is 2.69 bits per heavy atom. The summed E-state index contributed by atoms with van der Waals surface area (Å²) in [5, 5.41) is 8.23. The van der Waals surface area contributed by atoms with Crippen LogP contribution in [0.1, 0.15) is 12.0 Å². The summed E-state index contributed by atoms with van der Waals surface area (Å²) in [6.45, 7) is 0. The van der Waals surface area contributed by atoms with E-state index < -0.39 is 0 Å². The molecule has 64 valence electrons. The van der Waals surface area contributed by atoms with Gasteiger partial charge in [0.1, 0.15) is 0 Å². The van der Waals surface area contributed by atoms with Gasteiger partial charge in [0.2, 0.25) is 0 Å². The quantitative estimate of drug-likeness (QED) is 0.654. The summed E-state index contributed by atoms with van der Waals surface area (Å²) in [5.74, 6) is -0.161. The van der Waals surface area contributed by atoms with Crippen molar-refractivity contribution in [3.05, 3.63) is 42.0 Å². The van der Waals surface area contributed by atoms with Crippen LogP contribution in [0.3, 0.4) is 0 Å². The van der Waals surface area contributed by atoms with E-state index >= 15 is 0 Å². The SMILES string of the molecule is N#CCC(=O)C=Cc1ccccc1. The number of hydrogen-bond acceptors (Lipinski definition) is 2. The second-order valence-electron chi connectivity index (χ2n) is 2.55. The van der Waals surface area contributed by atoms with Gasteiger partial charge in [0.15, 0.2) is 5.78 Å². The molecule has 0 atom stereocenters. The van der Waals surface area contributed by atoms with Gasteiger partial charge in [-0.15, -0.1) is 0 Å². The summed E-state index contributed by atoms with van der Waals surface area (Å²) in [7, 11) is 0. The highest BCUT2D eigenvalue weighted by Gasteiger charge is 1.92. The fourth-order valence-electron chi connectivity index (χ4n) is 0.890. The van der Waals surface area contributed by atoms with Crippen molar-refractivity contribution < 1.29 is 4.79 Å². The minimum absolute atomic E-state index is 0.0522. The van der Waals surface area contributed by atoms with Crippen molar-refractivity contribution in [3.63, 3.8) is 0 Å². The molecule has 0 radical (unpaired) electrons. The molecule has 1 aromatic rings. The van der Waals surface area contributed by atoms with E-state index in [2.05, 4.69) is 0 Å². The van der Waals surface area contributed by atoms with Crippen LogP contribution >= 0.6 is 0 Å². The molecule has 0 bridgehead atoms. The third-order valence-corrected chi connectivity index (χ3v) is 1.51. The Kier molecular flexibility index (Phi) is 3.46. The summed E-state index contributed by atoms with van der Waals surface area (Å²) in [4.78, 5) is 10.9. The summed E-state index contributed by atoms with van der Waals surface area (Å²) in [6.07, 6.45) is 3.08. The highest BCUT2D eigenvalue weighted by Crippen LogP contribution is 2.01. The molecule has 0 spiro atoms. The molecule has 0 aliphatic rings. The summed E-state index contributed by atoms with van der Waals surface area (Å²) < 4.78 is 0. The number of allylic oxidation sites excluding steroid dienone is 1. The predicted octanol–water partition coefficient (Wildman–Crippen LogP) is 2.18. The Morgan fingerprint density at radius 1 is 1.38 bits per heavy atom. The van der Waals surface area contributed by atoms with Gasteiger partial charge in [-0.25, -0.2) is 0 Å². The summed E-state index contributed by atoms with van der Waals surface area (Å²) >= 11 is 0. The Morgan fingerprint density at radius 2 is 2.08 bits per heavy atom. The van der Waals surface area contributed by atoms with Crippen LogP contribution in [0.4, 0.5) is 0 Å². The van der Waals surface area contributed by atoms with Gasteiger partial charge in [-0.2, -0.15) is 5.26 Å². The Labute approximate surface area is 77.1 Å². The van der Waals surface area contributed by atoms with E-state index in [-0.39, 0.29) is 12.2 Å². The first kappa shape index (κ1) is 9.21. The average Bonchev–Trinajstić information content (AvgIpc) is 2.17. The molecule has 0 aromatic heterocycles. The van der Waals surface area contributed by atoms with Crippen LogP contribution in [0, 0.1) is 11.3 Å². The Bertz CT molecular complexity index is 346. The topological polar surface area (TPSA) is 40.9 Å². The third kappa shape index (κ3) is 3.35. The minimum atomic E-state index is -0.161. The van der Waals surface area contributed by atoms with E-state index in [0.717, 1.165) is 5.56 Å². The molecule has 1 rings (SSSR count). The third-order valence-electron chi connectivity index (χ3n) is 1.51. The molecule has 2 nitrogen and oxygen atoms in total. The molecular weight excluding hydrogens is 162 g/mol. The zero-order valence-electron chi connectivity index (χ0n) is 7.10. The van der Waals surface area contributed by atoms with E-state index in [4.69, 9.17) is 5.26 Å². The molecule has 0 amide bonds. The van der Waals surface area contributed by atoms with Gasteiger partial charge in [0.05, 0.1) is 12.5 Å². The van der Waals surface area contributed by atoms with Gasteiger partial charge in [-0.1, -0.05) is 36.4 Å². The average molecular weight is 171 g/mol. The fraction of sp³-hybridized carbons (Fsp3) is 0.0909. The second-order valence-corrected chi connectivity index (χ2v) is 2.55. The first-order chi connectivity index (χ1) is 6.33. The number of hydrogen-bond donors (Lipinski definition) is 0. The van der Waals surface area contributed by atoms with E-state index in [1.54, 1.807) is 12.1 Å². The molecular formula is C11H9NO. The van der Waals surface area contributed by atoms with Crippen LogP contribution in [0.15, 0.2) is 36.4 Å².